The van der Waals surface area contributed by atoms with Crippen LogP contribution in [-0.4, -0.2) is 12.5 Å². The molecule has 3 unspecified atom stereocenters. The molecular weight excluding hydrogens is 236 g/mol. The van der Waals surface area contributed by atoms with Crippen molar-refractivity contribution in [3.05, 3.63) is 29.3 Å². The van der Waals surface area contributed by atoms with Crippen molar-refractivity contribution in [1.29, 1.82) is 0 Å². The lowest BCUT2D eigenvalue weighted by atomic mass is 9.89. The average molecular weight is 258 g/mol. The van der Waals surface area contributed by atoms with Crippen LogP contribution in [0.15, 0.2) is 18.2 Å². The number of aryl methyl sites for hydroxylation is 1. The highest BCUT2D eigenvalue weighted by atomic mass is 16.1. The maximum absolute atomic E-state index is 12.3. The van der Waals surface area contributed by atoms with Crippen LogP contribution in [0.5, 0.6) is 0 Å². The largest absolute Gasteiger partial charge is 0.398 e. The molecule has 2 bridgehead atoms. The van der Waals surface area contributed by atoms with Crippen LogP contribution in [0.2, 0.25) is 0 Å². The summed E-state index contributed by atoms with van der Waals surface area (Å²) in [7, 11) is 0. The number of anilines is 1. The van der Waals surface area contributed by atoms with E-state index in [0.717, 1.165) is 23.9 Å². The molecule has 2 saturated carbocycles. The van der Waals surface area contributed by atoms with Crippen molar-refractivity contribution >= 4 is 11.6 Å². The van der Waals surface area contributed by atoms with Crippen LogP contribution in [0.3, 0.4) is 0 Å². The molecule has 2 fully saturated rings. The van der Waals surface area contributed by atoms with Gasteiger partial charge >= 0.3 is 0 Å². The Balaban J connectivity index is 1.63. The van der Waals surface area contributed by atoms with Crippen molar-refractivity contribution in [2.75, 3.05) is 12.3 Å². The van der Waals surface area contributed by atoms with Crippen LogP contribution in [0.25, 0.3) is 0 Å². The van der Waals surface area contributed by atoms with Gasteiger partial charge in [0.2, 0.25) is 0 Å². The maximum Gasteiger partial charge on any atom is 0.253 e. The zero-order chi connectivity index (χ0) is 13.4. The normalized spacial score (nSPS) is 28.6. The van der Waals surface area contributed by atoms with Crippen LogP contribution in [-0.2, 0) is 0 Å². The van der Waals surface area contributed by atoms with E-state index >= 15 is 0 Å². The van der Waals surface area contributed by atoms with E-state index in [-0.39, 0.29) is 5.91 Å². The van der Waals surface area contributed by atoms with E-state index in [0.29, 0.717) is 17.2 Å². The number of nitrogen functional groups attached to an aromatic ring is 1. The van der Waals surface area contributed by atoms with E-state index in [1.165, 1.54) is 25.7 Å². The topological polar surface area (TPSA) is 55.1 Å². The second-order valence-corrected chi connectivity index (χ2v) is 6.18. The molecule has 3 heteroatoms. The minimum Gasteiger partial charge on any atom is -0.398 e. The Bertz CT molecular complexity index is 477. The first kappa shape index (κ1) is 12.5. The molecule has 3 N–H and O–H groups in total. The number of hydrogen-bond acceptors (Lipinski definition) is 2. The summed E-state index contributed by atoms with van der Waals surface area (Å²) in [4.78, 5) is 12.3. The molecule has 1 aromatic carbocycles. The molecule has 19 heavy (non-hydrogen) atoms. The van der Waals surface area contributed by atoms with Gasteiger partial charge in [-0.05, 0) is 55.6 Å². The van der Waals surface area contributed by atoms with Crippen molar-refractivity contribution in [1.82, 2.24) is 5.32 Å². The lowest BCUT2D eigenvalue weighted by Crippen LogP contribution is -2.32. The van der Waals surface area contributed by atoms with Gasteiger partial charge in [-0.1, -0.05) is 18.6 Å². The lowest BCUT2D eigenvalue weighted by Gasteiger charge is -2.22. The van der Waals surface area contributed by atoms with E-state index in [1.54, 1.807) is 6.07 Å². The molecule has 0 aliphatic heterocycles. The van der Waals surface area contributed by atoms with E-state index < -0.39 is 0 Å². The molecule has 0 radical (unpaired) electrons. The van der Waals surface area contributed by atoms with E-state index in [9.17, 15) is 4.79 Å². The van der Waals surface area contributed by atoms with Gasteiger partial charge in [-0.2, -0.15) is 0 Å². The molecule has 0 spiro atoms. The predicted octanol–water partition coefficient (Wildman–Crippen LogP) is 2.74. The summed E-state index contributed by atoms with van der Waals surface area (Å²) in [6.07, 6.45) is 5.44. The van der Waals surface area contributed by atoms with E-state index in [1.807, 2.05) is 19.1 Å². The molecule has 3 nitrogen and oxygen atoms in total. The Labute approximate surface area is 114 Å². The summed E-state index contributed by atoms with van der Waals surface area (Å²) in [6, 6.07) is 5.61. The highest BCUT2D eigenvalue weighted by molar-refractivity contribution is 6.00. The molecule has 2 aliphatic rings. The van der Waals surface area contributed by atoms with Crippen LogP contribution in [0.4, 0.5) is 5.69 Å². The zero-order valence-corrected chi connectivity index (χ0v) is 11.5. The number of benzene rings is 1. The fraction of sp³-hybridized carbons (Fsp3) is 0.562. The molecule has 1 amide bonds. The molecule has 2 aliphatic carbocycles. The monoisotopic (exact) mass is 258 g/mol. The van der Waals surface area contributed by atoms with Crippen molar-refractivity contribution in [3.8, 4) is 0 Å². The van der Waals surface area contributed by atoms with Crippen molar-refractivity contribution in [2.45, 2.75) is 32.6 Å². The predicted molar refractivity (Wildman–Crippen MR) is 76.9 cm³/mol. The number of hydrogen-bond donors (Lipinski definition) is 2. The summed E-state index contributed by atoms with van der Waals surface area (Å²) < 4.78 is 0. The van der Waals surface area contributed by atoms with Crippen LogP contribution >= 0.6 is 0 Å². The van der Waals surface area contributed by atoms with Gasteiger partial charge in [0.15, 0.2) is 0 Å². The molecule has 1 aromatic rings. The smallest absolute Gasteiger partial charge is 0.253 e. The second kappa shape index (κ2) is 4.87. The zero-order valence-electron chi connectivity index (χ0n) is 11.5. The number of nitrogens with one attached hydrogen (secondary N) is 1. The Morgan fingerprint density at radius 1 is 1.37 bits per heavy atom. The number of amides is 1. The molecule has 0 saturated heterocycles. The van der Waals surface area contributed by atoms with Gasteiger partial charge in [-0.3, -0.25) is 4.79 Å². The Hall–Kier alpha value is -1.51. The molecular formula is C16H22N2O. The van der Waals surface area contributed by atoms with Gasteiger partial charge in [0, 0.05) is 12.2 Å². The Morgan fingerprint density at radius 2 is 2.21 bits per heavy atom. The van der Waals surface area contributed by atoms with Crippen LogP contribution in [0.1, 0.15) is 41.6 Å². The third-order valence-corrected chi connectivity index (χ3v) is 4.94. The van der Waals surface area contributed by atoms with Gasteiger partial charge in [0.25, 0.3) is 5.91 Å². The fourth-order valence-corrected chi connectivity index (χ4v) is 3.94. The van der Waals surface area contributed by atoms with E-state index in [4.69, 9.17) is 5.73 Å². The summed E-state index contributed by atoms with van der Waals surface area (Å²) in [5.74, 6) is 2.45. The summed E-state index contributed by atoms with van der Waals surface area (Å²) >= 11 is 0. The van der Waals surface area contributed by atoms with Gasteiger partial charge in [-0.15, -0.1) is 0 Å². The number of carbonyl (C=O) groups is 1. The standard InChI is InChI=1S/C16H22N2O/c1-10-3-2-4-14(17)15(10)16(19)18-9-13-8-11-5-6-12(13)7-11/h2-4,11-13H,5-9,17H2,1H3,(H,18,19). The molecule has 3 rings (SSSR count). The Kier molecular flexibility index (Phi) is 3.21. The highest BCUT2D eigenvalue weighted by Gasteiger charge is 2.39. The molecule has 102 valence electrons. The van der Waals surface area contributed by atoms with Gasteiger partial charge in [-0.25, -0.2) is 0 Å². The average Bonchev–Trinajstić information content (AvgIpc) is 2.98. The molecule has 0 heterocycles. The van der Waals surface area contributed by atoms with Crippen molar-refractivity contribution in [2.24, 2.45) is 17.8 Å². The first-order chi connectivity index (χ1) is 9.15. The number of rotatable bonds is 3. The quantitative estimate of drug-likeness (QED) is 0.819. The number of nitrogens with two attached hydrogens (primary N) is 1. The third-order valence-electron chi connectivity index (χ3n) is 4.94. The Morgan fingerprint density at radius 3 is 2.84 bits per heavy atom. The first-order valence-corrected chi connectivity index (χ1v) is 7.28. The number of carbonyl (C=O) groups excluding carboxylic acids is 1. The van der Waals surface area contributed by atoms with Crippen molar-refractivity contribution < 1.29 is 4.79 Å². The second-order valence-electron chi connectivity index (χ2n) is 6.18. The maximum atomic E-state index is 12.3. The SMILES string of the molecule is Cc1cccc(N)c1C(=O)NCC1CC2CCC1C2. The molecule has 0 aromatic heterocycles. The lowest BCUT2D eigenvalue weighted by molar-refractivity contribution is 0.0942. The first-order valence-electron chi connectivity index (χ1n) is 7.28. The minimum absolute atomic E-state index is 0.0154. The summed E-state index contributed by atoms with van der Waals surface area (Å²) in [5, 5.41) is 3.09. The minimum atomic E-state index is -0.0154. The highest BCUT2D eigenvalue weighted by Crippen LogP contribution is 2.47. The summed E-state index contributed by atoms with van der Waals surface area (Å²) in [6.45, 7) is 2.75. The summed E-state index contributed by atoms with van der Waals surface area (Å²) in [5.41, 5.74) is 8.07. The fourth-order valence-electron chi connectivity index (χ4n) is 3.94. The van der Waals surface area contributed by atoms with Crippen LogP contribution < -0.4 is 11.1 Å². The number of fused-ring (bicyclic) bond motifs is 2. The molecule has 3 atom stereocenters. The third kappa shape index (κ3) is 2.34. The van der Waals surface area contributed by atoms with E-state index in [2.05, 4.69) is 5.32 Å². The van der Waals surface area contributed by atoms with Crippen molar-refractivity contribution in [3.63, 3.8) is 0 Å². The van der Waals surface area contributed by atoms with Gasteiger partial charge < -0.3 is 11.1 Å². The van der Waals surface area contributed by atoms with Gasteiger partial charge in [0.1, 0.15) is 0 Å². The van der Waals surface area contributed by atoms with Gasteiger partial charge in [0.05, 0.1) is 5.56 Å². The van der Waals surface area contributed by atoms with Crippen LogP contribution in [0, 0.1) is 24.7 Å².